The van der Waals surface area contributed by atoms with E-state index in [0.717, 1.165) is 20.6 Å². The molecular weight excluding hydrogens is 338 g/mol. The van der Waals surface area contributed by atoms with E-state index in [1.54, 1.807) is 18.1 Å². The lowest BCUT2D eigenvalue weighted by molar-refractivity contribution is 0.929. The highest BCUT2D eigenvalue weighted by Gasteiger charge is 2.17. The van der Waals surface area contributed by atoms with Gasteiger partial charge in [-0.3, -0.25) is 0 Å². The summed E-state index contributed by atoms with van der Waals surface area (Å²) in [6.07, 6.45) is 3.15. The third-order valence-electron chi connectivity index (χ3n) is 2.91. The zero-order chi connectivity index (χ0) is 13.9. The number of aromatic nitrogens is 4. The Labute approximate surface area is 128 Å². The molecule has 1 atom stereocenters. The van der Waals surface area contributed by atoms with E-state index in [-0.39, 0.29) is 5.25 Å². The SMILES string of the molecule is NCC(Sc1ncnc2nc[nH]c12)c1ccccc1Br. The maximum Gasteiger partial charge on any atom is 0.181 e. The molecule has 0 saturated heterocycles. The molecule has 1 aromatic carbocycles. The van der Waals surface area contributed by atoms with Crippen LogP contribution in [0.3, 0.4) is 0 Å². The van der Waals surface area contributed by atoms with Gasteiger partial charge in [-0.05, 0) is 11.6 Å². The molecule has 0 aliphatic rings. The van der Waals surface area contributed by atoms with Crippen LogP contribution in [0.4, 0.5) is 0 Å². The summed E-state index contributed by atoms with van der Waals surface area (Å²) in [6, 6.07) is 8.09. The first-order valence-corrected chi connectivity index (χ1v) is 7.72. The zero-order valence-corrected chi connectivity index (χ0v) is 12.9. The monoisotopic (exact) mass is 349 g/mol. The summed E-state index contributed by atoms with van der Waals surface area (Å²) in [5.41, 5.74) is 8.61. The molecule has 5 nitrogen and oxygen atoms in total. The van der Waals surface area contributed by atoms with Crippen LogP contribution in [0.15, 0.2) is 46.4 Å². The summed E-state index contributed by atoms with van der Waals surface area (Å²) in [5.74, 6) is 0. The summed E-state index contributed by atoms with van der Waals surface area (Å²) in [4.78, 5) is 15.7. The number of hydrogen-bond donors (Lipinski definition) is 2. The Morgan fingerprint density at radius 2 is 2.10 bits per heavy atom. The number of fused-ring (bicyclic) bond motifs is 1. The Balaban J connectivity index is 1.96. The Hall–Kier alpha value is -1.44. The second-order valence-electron chi connectivity index (χ2n) is 4.14. The molecule has 2 heterocycles. The average Bonchev–Trinajstić information content (AvgIpc) is 2.95. The van der Waals surface area contributed by atoms with Crippen LogP contribution in [-0.2, 0) is 0 Å². The zero-order valence-electron chi connectivity index (χ0n) is 10.5. The Bertz CT molecular complexity index is 729. The van der Waals surface area contributed by atoms with E-state index in [9.17, 15) is 0 Å². The molecule has 2 aromatic heterocycles. The number of thioether (sulfide) groups is 1. The number of H-pyrrole nitrogens is 1. The molecule has 3 N–H and O–H groups in total. The molecule has 0 bridgehead atoms. The fourth-order valence-corrected chi connectivity index (χ4v) is 3.73. The predicted octanol–water partition coefficient (Wildman–Crippen LogP) is 2.91. The normalized spacial score (nSPS) is 12.7. The number of nitrogens with two attached hydrogens (primary N) is 1. The number of aromatic amines is 1. The summed E-state index contributed by atoms with van der Waals surface area (Å²) in [6.45, 7) is 0.521. The topological polar surface area (TPSA) is 80.5 Å². The highest BCUT2D eigenvalue weighted by atomic mass is 79.9. The number of nitrogens with one attached hydrogen (secondary N) is 1. The van der Waals surface area contributed by atoms with Gasteiger partial charge in [-0.15, -0.1) is 0 Å². The Morgan fingerprint density at radius 1 is 1.25 bits per heavy atom. The van der Waals surface area contributed by atoms with Gasteiger partial charge >= 0.3 is 0 Å². The molecule has 0 saturated carbocycles. The van der Waals surface area contributed by atoms with Crippen LogP contribution in [0.2, 0.25) is 0 Å². The van der Waals surface area contributed by atoms with Crippen molar-refractivity contribution in [1.82, 2.24) is 19.9 Å². The predicted molar refractivity (Wildman–Crippen MR) is 83.5 cm³/mol. The Kier molecular flexibility index (Phi) is 4.00. The van der Waals surface area contributed by atoms with E-state index in [4.69, 9.17) is 5.73 Å². The van der Waals surface area contributed by atoms with Gasteiger partial charge < -0.3 is 10.7 Å². The summed E-state index contributed by atoms with van der Waals surface area (Å²) in [7, 11) is 0. The minimum atomic E-state index is 0.118. The van der Waals surface area contributed by atoms with Gasteiger partial charge in [0.15, 0.2) is 5.65 Å². The van der Waals surface area contributed by atoms with Crippen molar-refractivity contribution in [2.45, 2.75) is 10.3 Å². The van der Waals surface area contributed by atoms with Gasteiger partial charge in [0, 0.05) is 16.3 Å². The van der Waals surface area contributed by atoms with Crippen molar-refractivity contribution in [3.05, 3.63) is 47.0 Å². The molecule has 1 unspecified atom stereocenters. The van der Waals surface area contributed by atoms with Crippen molar-refractivity contribution in [2.75, 3.05) is 6.54 Å². The van der Waals surface area contributed by atoms with Gasteiger partial charge in [-0.25, -0.2) is 15.0 Å². The van der Waals surface area contributed by atoms with Crippen molar-refractivity contribution in [1.29, 1.82) is 0 Å². The highest BCUT2D eigenvalue weighted by molar-refractivity contribution is 9.10. The van der Waals surface area contributed by atoms with E-state index in [1.165, 1.54) is 6.33 Å². The molecule has 0 aliphatic carbocycles. The van der Waals surface area contributed by atoms with Gasteiger partial charge in [0.05, 0.1) is 6.33 Å². The number of imidazole rings is 1. The molecular formula is C13H12BrN5S. The second kappa shape index (κ2) is 5.90. The van der Waals surface area contributed by atoms with Crippen molar-refractivity contribution in [2.24, 2.45) is 5.73 Å². The van der Waals surface area contributed by atoms with Crippen LogP contribution in [0.25, 0.3) is 11.2 Å². The lowest BCUT2D eigenvalue weighted by Crippen LogP contribution is -2.10. The molecule has 7 heteroatoms. The van der Waals surface area contributed by atoms with Gasteiger partial charge in [-0.2, -0.15) is 0 Å². The van der Waals surface area contributed by atoms with Gasteiger partial charge in [0.1, 0.15) is 16.9 Å². The molecule has 0 radical (unpaired) electrons. The fourth-order valence-electron chi connectivity index (χ4n) is 1.94. The van der Waals surface area contributed by atoms with Crippen LogP contribution >= 0.6 is 27.7 Å². The molecule has 0 spiro atoms. The summed E-state index contributed by atoms with van der Waals surface area (Å²) >= 11 is 5.18. The largest absolute Gasteiger partial charge is 0.341 e. The number of halogens is 1. The average molecular weight is 350 g/mol. The molecule has 0 amide bonds. The van der Waals surface area contributed by atoms with E-state index < -0.39 is 0 Å². The third kappa shape index (κ3) is 2.56. The maximum atomic E-state index is 5.93. The van der Waals surface area contributed by atoms with Gasteiger partial charge in [0.25, 0.3) is 0 Å². The highest BCUT2D eigenvalue weighted by Crippen LogP contribution is 2.38. The molecule has 20 heavy (non-hydrogen) atoms. The molecule has 102 valence electrons. The summed E-state index contributed by atoms with van der Waals surface area (Å²) < 4.78 is 1.05. The van der Waals surface area contributed by atoms with Crippen molar-refractivity contribution >= 4 is 38.9 Å². The van der Waals surface area contributed by atoms with Crippen LogP contribution in [0.1, 0.15) is 10.8 Å². The van der Waals surface area contributed by atoms with Crippen molar-refractivity contribution in [3.8, 4) is 0 Å². The minimum absolute atomic E-state index is 0.118. The lowest BCUT2D eigenvalue weighted by atomic mass is 10.1. The van der Waals surface area contributed by atoms with Crippen LogP contribution < -0.4 is 5.73 Å². The van der Waals surface area contributed by atoms with Crippen LogP contribution in [-0.4, -0.2) is 26.5 Å². The summed E-state index contributed by atoms with van der Waals surface area (Å²) in [5, 5.41) is 0.977. The smallest absolute Gasteiger partial charge is 0.181 e. The molecule has 3 rings (SSSR count). The number of rotatable bonds is 4. The first kappa shape index (κ1) is 13.5. The lowest BCUT2D eigenvalue weighted by Gasteiger charge is -2.16. The third-order valence-corrected chi connectivity index (χ3v) is 4.89. The number of nitrogens with zero attached hydrogens (tertiary/aromatic N) is 3. The van der Waals surface area contributed by atoms with Crippen molar-refractivity contribution < 1.29 is 0 Å². The van der Waals surface area contributed by atoms with E-state index >= 15 is 0 Å². The number of benzene rings is 1. The first-order chi connectivity index (χ1) is 9.79. The quantitative estimate of drug-likeness (QED) is 0.559. The molecule has 3 aromatic rings. The van der Waals surface area contributed by atoms with E-state index in [0.29, 0.717) is 12.2 Å². The minimum Gasteiger partial charge on any atom is -0.341 e. The molecule has 0 aliphatic heterocycles. The van der Waals surface area contributed by atoms with E-state index in [2.05, 4.69) is 41.9 Å². The first-order valence-electron chi connectivity index (χ1n) is 6.05. The van der Waals surface area contributed by atoms with Crippen LogP contribution in [0, 0.1) is 0 Å². The molecule has 0 fully saturated rings. The van der Waals surface area contributed by atoms with Crippen LogP contribution in [0.5, 0.6) is 0 Å². The van der Waals surface area contributed by atoms with Crippen molar-refractivity contribution in [3.63, 3.8) is 0 Å². The maximum absolute atomic E-state index is 5.93. The standard InChI is InChI=1S/C13H12BrN5S/c14-9-4-2-1-3-8(9)10(5-15)20-13-11-12(17-6-16-11)18-7-19-13/h1-4,6-7,10H,5,15H2,(H,16,17,18,19). The second-order valence-corrected chi connectivity index (χ2v) is 6.19. The fraction of sp³-hybridized carbons (Fsp3) is 0.154. The number of hydrogen-bond acceptors (Lipinski definition) is 5. The Morgan fingerprint density at radius 3 is 2.90 bits per heavy atom. The van der Waals surface area contributed by atoms with Gasteiger partial charge in [0.2, 0.25) is 0 Å². The van der Waals surface area contributed by atoms with E-state index in [1.807, 2.05) is 18.2 Å². The van der Waals surface area contributed by atoms with Gasteiger partial charge in [-0.1, -0.05) is 45.9 Å².